The molecular weight excluding hydrogens is 1690 g/mol. The van der Waals surface area contributed by atoms with Crippen LogP contribution in [0, 0.1) is 11.8 Å². The molecule has 6 saturated heterocycles. The van der Waals surface area contributed by atoms with Gasteiger partial charge in [-0.2, -0.15) is 20.4 Å². The van der Waals surface area contributed by atoms with E-state index in [0.717, 1.165) is 149 Å². The predicted octanol–water partition coefficient (Wildman–Crippen LogP) is 9.77. The summed E-state index contributed by atoms with van der Waals surface area (Å²) in [5.74, 6) is -3.06. The zero-order valence-electron chi connectivity index (χ0n) is 72.0. The molecule has 8 aliphatic heterocycles. The third-order valence-electron chi connectivity index (χ3n) is 27.2. The average Bonchev–Trinajstić information content (AvgIpc) is 1.51. The second-order valence-electron chi connectivity index (χ2n) is 35.7. The first kappa shape index (κ1) is 87.1. The normalized spacial score (nSPS) is 22.9. The molecule has 8 fully saturated rings. The lowest BCUT2D eigenvalue weighted by molar-refractivity contribution is -0.137. The van der Waals surface area contributed by atoms with Gasteiger partial charge in [0.2, 0.25) is 23.6 Å². The van der Waals surface area contributed by atoms with Gasteiger partial charge in [-0.15, -0.1) is 0 Å². The monoisotopic (exact) mass is 1790 g/mol. The Morgan fingerprint density at radius 2 is 0.924 bits per heavy atom. The number of carbonyl (C=O) groups is 10. The Morgan fingerprint density at radius 1 is 0.496 bits per heavy atom. The van der Waals surface area contributed by atoms with Crippen LogP contribution in [0.15, 0.2) is 134 Å². The number of imide groups is 4. The number of hydrogen-bond donors (Lipinski definition) is 7. The Bertz CT molecular complexity index is 6080. The van der Waals surface area contributed by atoms with Gasteiger partial charge >= 0.3 is 0 Å². The highest BCUT2D eigenvalue weighted by Crippen LogP contribution is 2.41. The van der Waals surface area contributed by atoms with Crippen LogP contribution in [0.4, 0.5) is 51.9 Å². The van der Waals surface area contributed by atoms with Gasteiger partial charge in [-0.1, -0.05) is 60.7 Å². The van der Waals surface area contributed by atoms with Crippen LogP contribution in [0.1, 0.15) is 211 Å². The molecule has 14 heterocycles. The lowest BCUT2D eigenvalue weighted by Crippen LogP contribution is -2.54. The molecule has 34 nitrogen and oxygen atoms in total. The van der Waals surface area contributed by atoms with Crippen LogP contribution in [0.5, 0.6) is 0 Å². The van der Waals surface area contributed by atoms with Crippen molar-refractivity contribution in [1.82, 2.24) is 79.4 Å². The Kier molecular flexibility index (Phi) is 24.8. The van der Waals surface area contributed by atoms with E-state index in [1.54, 1.807) is 58.2 Å². The lowest BCUT2D eigenvalue weighted by atomic mass is 9.86. The van der Waals surface area contributed by atoms with E-state index in [0.29, 0.717) is 73.6 Å². The van der Waals surface area contributed by atoms with Gasteiger partial charge in [-0.3, -0.25) is 77.7 Å². The van der Waals surface area contributed by atoms with Crippen molar-refractivity contribution < 1.29 is 75.0 Å². The van der Waals surface area contributed by atoms with Gasteiger partial charge in [0, 0.05) is 88.3 Å². The second-order valence-corrected chi connectivity index (χ2v) is 35.7. The van der Waals surface area contributed by atoms with E-state index < -0.39 is 95.4 Å². The van der Waals surface area contributed by atoms with Crippen LogP contribution in [0.3, 0.4) is 0 Å². The van der Waals surface area contributed by atoms with E-state index in [1.165, 1.54) is 44.9 Å². The number of anilines is 6. The molecule has 682 valence electrons. The summed E-state index contributed by atoms with van der Waals surface area (Å²) in [5, 5.41) is 37.1. The van der Waals surface area contributed by atoms with Crippen LogP contribution in [-0.4, -0.2) is 232 Å². The minimum Gasteiger partial charge on any atom is -0.384 e. The quantitative estimate of drug-likeness (QED) is 0.0125. The number of amides is 10. The van der Waals surface area contributed by atoms with Gasteiger partial charge in [-0.25, -0.2) is 36.6 Å². The van der Waals surface area contributed by atoms with Crippen molar-refractivity contribution in [3.05, 3.63) is 201 Å². The van der Waals surface area contributed by atoms with E-state index in [9.17, 15) is 65.5 Å². The van der Waals surface area contributed by atoms with E-state index in [4.69, 9.17) is 19.4 Å². The van der Waals surface area contributed by atoms with Crippen molar-refractivity contribution in [3.8, 4) is 0 Å². The van der Waals surface area contributed by atoms with Gasteiger partial charge in [-0.05, 0) is 193 Å². The Morgan fingerprint density at radius 3 is 1.34 bits per heavy atom. The summed E-state index contributed by atoms with van der Waals surface area (Å²) in [7, 11) is 2.12. The molecule has 4 bridgehead atoms. The van der Waals surface area contributed by atoms with Gasteiger partial charge in [0.1, 0.15) is 34.8 Å². The summed E-state index contributed by atoms with van der Waals surface area (Å²) >= 11 is 0. The summed E-state index contributed by atoms with van der Waals surface area (Å²) in [5.41, 5.74) is 6.76. The topological polar surface area (TPSA) is 386 Å². The number of hydrogen-bond acceptors (Lipinski definition) is 24. The van der Waals surface area contributed by atoms with Gasteiger partial charge < -0.3 is 50.8 Å². The average molecular weight is 1790 g/mol. The molecule has 2 unspecified atom stereocenters. The van der Waals surface area contributed by atoms with Crippen LogP contribution in [-0.2, 0) is 54.3 Å². The molecule has 0 spiro atoms. The van der Waals surface area contributed by atoms with E-state index >= 15 is 0 Å². The minimum absolute atomic E-state index is 0.0147. The molecule has 38 heteroatoms. The Hall–Kier alpha value is -13.2. The summed E-state index contributed by atoms with van der Waals surface area (Å²) in [6.45, 7) is 7.23. The minimum atomic E-state index is -2.87. The van der Waals surface area contributed by atoms with Crippen molar-refractivity contribution in [2.45, 2.75) is 177 Å². The van der Waals surface area contributed by atoms with Gasteiger partial charge in [0.25, 0.3) is 48.3 Å². The molecule has 2 saturated carbocycles. The third kappa shape index (κ3) is 18.2. The smallest absolute Gasteiger partial charge is 0.284 e. The predicted molar refractivity (Wildman–Crippen MR) is 470 cm³/mol. The Balaban J connectivity index is 0.000000169. The molecular formula is C93H100F4N22O12. The molecule has 2 aliphatic carbocycles. The van der Waals surface area contributed by atoms with Crippen molar-refractivity contribution in [2.75, 3.05) is 104 Å². The number of benzene rings is 4. The first-order valence-corrected chi connectivity index (χ1v) is 45.1. The first-order chi connectivity index (χ1) is 63.5. The molecule has 7 N–H and O–H groups in total. The third-order valence-corrected chi connectivity index (χ3v) is 27.2. The highest BCUT2D eigenvalue weighted by molar-refractivity contribution is 6.27. The number of piperidine rings is 2. The molecule has 131 heavy (non-hydrogen) atoms. The highest BCUT2D eigenvalue weighted by atomic mass is 19.3. The molecule has 0 radical (unpaired) electrons. The number of carbonyl (C=O) groups excluding carboxylic acids is 10. The lowest BCUT2D eigenvalue weighted by Gasteiger charge is -2.31. The van der Waals surface area contributed by atoms with Crippen LogP contribution >= 0.6 is 0 Å². The number of morpholine rings is 2. The zero-order chi connectivity index (χ0) is 90.4. The molecule has 10 amide bonds. The van der Waals surface area contributed by atoms with E-state index in [1.807, 2.05) is 12.1 Å². The van der Waals surface area contributed by atoms with E-state index in [-0.39, 0.29) is 107 Å². The maximum atomic E-state index is 14.3. The summed E-state index contributed by atoms with van der Waals surface area (Å²) < 4.78 is 74.7. The number of rotatable bonds is 30. The van der Waals surface area contributed by atoms with Gasteiger partial charge in [0.05, 0.1) is 95.6 Å². The van der Waals surface area contributed by atoms with Crippen LogP contribution in [0.2, 0.25) is 0 Å². The number of likely N-dealkylation sites (N-methyl/N-ethyl adjacent to an activating group) is 1. The number of fused-ring (bicyclic) bond motifs is 8. The molecule has 6 aromatic heterocycles. The zero-order valence-corrected chi connectivity index (χ0v) is 72.0. The van der Waals surface area contributed by atoms with Gasteiger partial charge in [0.15, 0.2) is 22.7 Å². The standard InChI is InChI=1S/C47H51F2N11O6.C46H49F2N11O6/c1-56(19-16-28-7-5-27(6-8-28)15-18-50-35-4-2-3-33-40(35)47(65)60(46(33)64)37-13-14-39(61)54-45(37)63)23-29-9-11-30(12-10-29)59-25-36(41(55-59)42(48)49)52-44(62)34-22-51-58-20-17-38(53-43(34)58)57-24-32-21-31(57)26-66-32;47-41(48)40-35(52-43(61)33-22-51-57-19-16-37(53-42(33)57)56-23-31-20-30(56)25-65-31)24-58(55-40)29-10-8-28(9-11-29)21-49-17-14-26-4-6-27(7-5-26)15-18-50-34-3-1-2-32-39(34)46(64)59(45(32)63)36-12-13-38(60)54-44(36)62/h2-8,17,20,22,25,29-32,37,42,50H,9-16,18-19,21,23-24,26H2,1H3,(H,52,62)(H,54,61,63);1-7,16,19,22,24,28-31,36,41,49-50H,8-15,17-18,20-21,23,25H2,(H,52,61)(H,54,60,62)/t29?,30?,31-,32-,37?;28?,29?,30-,31-,36?/m11/s1. The fourth-order valence-electron chi connectivity index (χ4n) is 20.1. The first-order valence-electron chi connectivity index (χ1n) is 45.1. The largest absolute Gasteiger partial charge is 0.384 e. The maximum absolute atomic E-state index is 14.3. The second kappa shape index (κ2) is 37.3. The maximum Gasteiger partial charge on any atom is 0.284 e. The van der Waals surface area contributed by atoms with Crippen molar-refractivity contribution >= 4 is 105 Å². The Labute approximate surface area is 749 Å². The summed E-state index contributed by atoms with van der Waals surface area (Å²) in [4.78, 5) is 147. The molecule has 20 rings (SSSR count). The fraction of sp³-hybridized carbons (Fsp3) is 0.441. The fourth-order valence-corrected chi connectivity index (χ4v) is 20.1. The number of nitrogens with zero attached hydrogens (tertiary/aromatic N) is 15. The number of ether oxygens (including phenoxy) is 2. The number of halogens is 4. The summed E-state index contributed by atoms with van der Waals surface area (Å²) in [6.07, 6.45) is 16.1. The molecule has 10 aromatic rings. The molecule has 10 aliphatic rings. The highest BCUT2D eigenvalue weighted by Gasteiger charge is 2.49. The van der Waals surface area contributed by atoms with Crippen molar-refractivity contribution in [2.24, 2.45) is 11.8 Å². The number of aromatic nitrogens is 10. The molecule has 6 atom stereocenters. The van der Waals surface area contributed by atoms with Crippen molar-refractivity contribution in [3.63, 3.8) is 0 Å². The SMILES string of the molecule is CN(CCc1ccc(CCNc2cccc3c2C(=O)N(C2CCC(=O)NC2=O)C3=O)cc1)CC1CCC(n2cc(NC(=O)c3cnn4ccc(N5C[C@H]6C[C@@H]5CO6)nc34)c(C(F)F)n2)CC1.O=C1CCC(N2C(=O)c3cccc(NCCc4ccc(CCNCC5CCC(n6cc(NC(=O)c7cnn8ccc(N9C[C@H]%10C[C@@H]9CO%10)nc78)c(C(F)F)n6)CC5)cc4)c3C2=O)C(=O)N1. The summed E-state index contributed by atoms with van der Waals surface area (Å²) in [6, 6.07) is 28.9. The van der Waals surface area contributed by atoms with E-state index in [2.05, 4.69) is 128 Å². The van der Waals surface area contributed by atoms with Crippen LogP contribution in [0.25, 0.3) is 11.3 Å². The number of nitrogens with one attached hydrogen (secondary N) is 7. The number of alkyl halides is 4. The van der Waals surface area contributed by atoms with Crippen molar-refractivity contribution in [1.29, 1.82) is 0 Å². The molecule has 4 aromatic carbocycles. The van der Waals surface area contributed by atoms with Crippen LogP contribution < -0.4 is 47.0 Å².